The Morgan fingerprint density at radius 1 is 1.02 bits per heavy atom. The largest absolute Gasteiger partial charge is 0.505 e. The minimum Gasteiger partial charge on any atom is -0.505 e. The van der Waals surface area contributed by atoms with Crippen LogP contribution in [-0.4, -0.2) is 36.1 Å². The van der Waals surface area contributed by atoms with E-state index in [1.165, 1.54) is 0 Å². The van der Waals surface area contributed by atoms with Crippen LogP contribution in [0.2, 0.25) is 0 Å². The van der Waals surface area contributed by atoms with Gasteiger partial charge in [0, 0.05) is 24.7 Å². The first-order chi connectivity index (χ1) is 19.6. The van der Waals surface area contributed by atoms with E-state index >= 15 is 0 Å². The highest BCUT2D eigenvalue weighted by Gasteiger charge is 2.39. The van der Waals surface area contributed by atoms with Gasteiger partial charge in [-0.05, 0) is 76.1 Å². The summed E-state index contributed by atoms with van der Waals surface area (Å²) in [6.07, 6.45) is 0.820. The summed E-state index contributed by atoms with van der Waals surface area (Å²) in [6.45, 7) is 7.49. The molecule has 1 saturated heterocycles. The van der Waals surface area contributed by atoms with Gasteiger partial charge in [-0.1, -0.05) is 24.3 Å². The van der Waals surface area contributed by atoms with Gasteiger partial charge in [-0.25, -0.2) is 4.79 Å². The molecule has 0 radical (unpaired) electrons. The van der Waals surface area contributed by atoms with Gasteiger partial charge in [0.25, 0.3) is 5.91 Å². The van der Waals surface area contributed by atoms with Crippen LogP contribution in [0.5, 0.6) is 23.0 Å². The molecule has 0 aliphatic carbocycles. The number of fused-ring (bicyclic) bond motifs is 1. The topological polar surface area (TPSA) is 116 Å². The lowest BCUT2D eigenvalue weighted by Crippen LogP contribution is -2.49. The van der Waals surface area contributed by atoms with Gasteiger partial charge in [-0.2, -0.15) is 0 Å². The third-order valence-electron chi connectivity index (χ3n) is 7.32. The highest BCUT2D eigenvalue weighted by Crippen LogP contribution is 2.38. The van der Waals surface area contributed by atoms with Crippen LogP contribution in [0.1, 0.15) is 48.2 Å². The second-order valence-electron chi connectivity index (χ2n) is 10.6. The molecule has 1 fully saturated rings. The molecule has 1 amide bonds. The van der Waals surface area contributed by atoms with Crippen LogP contribution in [0, 0.1) is 13.8 Å². The fourth-order valence-electron chi connectivity index (χ4n) is 4.99. The molecule has 2 heterocycles. The summed E-state index contributed by atoms with van der Waals surface area (Å²) in [6, 6.07) is 17.4. The number of nitrogens with one attached hydrogen (secondary N) is 1. The smallest absolute Gasteiger partial charge is 0.364 e. The molecule has 9 heteroatoms. The van der Waals surface area contributed by atoms with Crippen molar-refractivity contribution in [3.63, 3.8) is 0 Å². The van der Waals surface area contributed by atoms with E-state index in [4.69, 9.17) is 23.4 Å². The van der Waals surface area contributed by atoms with Crippen LogP contribution < -0.4 is 20.4 Å². The molecular weight excluding hydrogens is 526 g/mol. The van der Waals surface area contributed by atoms with Gasteiger partial charge in [0.2, 0.25) is 6.29 Å². The van der Waals surface area contributed by atoms with Gasteiger partial charge in [0.1, 0.15) is 22.8 Å². The molecule has 2 N–H and O–H groups in total. The molecule has 1 aromatic heterocycles. The first-order valence-corrected chi connectivity index (χ1v) is 13.4. The minimum atomic E-state index is -0.894. The maximum Gasteiger partial charge on any atom is 0.364 e. The summed E-state index contributed by atoms with van der Waals surface area (Å²) in [5, 5.41) is 13.8. The van der Waals surface area contributed by atoms with E-state index in [1.54, 1.807) is 44.4 Å². The van der Waals surface area contributed by atoms with Crippen molar-refractivity contribution in [2.24, 2.45) is 0 Å². The summed E-state index contributed by atoms with van der Waals surface area (Å²) in [7, 11) is 1.66. The van der Waals surface area contributed by atoms with E-state index in [9.17, 15) is 14.7 Å². The highest BCUT2D eigenvalue weighted by molar-refractivity contribution is 6.06. The average Bonchev–Trinajstić information content (AvgIpc) is 2.94. The third-order valence-corrected chi connectivity index (χ3v) is 7.32. The zero-order chi connectivity index (χ0) is 29.3. The number of carbonyl (C=O) groups is 1. The minimum absolute atomic E-state index is 0.0495. The number of aromatic hydroxyl groups is 1. The van der Waals surface area contributed by atoms with Crippen molar-refractivity contribution in [1.82, 2.24) is 0 Å². The van der Waals surface area contributed by atoms with Crippen molar-refractivity contribution in [2.75, 3.05) is 12.4 Å². The zero-order valence-corrected chi connectivity index (χ0v) is 23.6. The van der Waals surface area contributed by atoms with E-state index < -0.39 is 29.2 Å². The number of anilines is 1. The monoisotopic (exact) mass is 559 g/mol. The Morgan fingerprint density at radius 2 is 1.78 bits per heavy atom. The predicted molar refractivity (Wildman–Crippen MR) is 154 cm³/mol. The van der Waals surface area contributed by atoms with Crippen LogP contribution in [0.25, 0.3) is 11.0 Å². The van der Waals surface area contributed by atoms with Crippen LogP contribution in [0.4, 0.5) is 5.69 Å². The summed E-state index contributed by atoms with van der Waals surface area (Å²) >= 11 is 0. The summed E-state index contributed by atoms with van der Waals surface area (Å²) in [4.78, 5) is 26.1. The second kappa shape index (κ2) is 11.3. The van der Waals surface area contributed by atoms with Gasteiger partial charge in [0.15, 0.2) is 11.4 Å². The average molecular weight is 560 g/mol. The molecular formula is C32H33NO8. The molecule has 0 bridgehead atoms. The molecule has 214 valence electrons. The Morgan fingerprint density at radius 3 is 2.49 bits per heavy atom. The van der Waals surface area contributed by atoms with Crippen molar-refractivity contribution >= 4 is 22.6 Å². The van der Waals surface area contributed by atoms with E-state index in [0.29, 0.717) is 29.2 Å². The number of hydrogen-bond donors (Lipinski definition) is 2. The van der Waals surface area contributed by atoms with Gasteiger partial charge < -0.3 is 33.8 Å². The van der Waals surface area contributed by atoms with Gasteiger partial charge in [-0.15, -0.1) is 0 Å². The summed E-state index contributed by atoms with van der Waals surface area (Å²) in [5.74, 6) is 0.569. The molecule has 1 aliphatic rings. The number of ether oxygens (including phenoxy) is 4. The number of aryl methyl sites for hydroxylation is 2. The van der Waals surface area contributed by atoms with Crippen LogP contribution in [0.3, 0.4) is 0 Å². The lowest BCUT2D eigenvalue weighted by Gasteiger charge is -2.41. The number of amides is 1. The van der Waals surface area contributed by atoms with Crippen LogP contribution in [-0.2, 0) is 9.47 Å². The number of benzene rings is 3. The van der Waals surface area contributed by atoms with E-state index in [-0.39, 0.29) is 28.3 Å². The maximum absolute atomic E-state index is 13.1. The molecule has 1 aliphatic heterocycles. The van der Waals surface area contributed by atoms with Crippen molar-refractivity contribution in [3.8, 4) is 23.0 Å². The second-order valence-corrected chi connectivity index (χ2v) is 10.6. The van der Waals surface area contributed by atoms with E-state index in [1.807, 2.05) is 51.1 Å². The first-order valence-electron chi connectivity index (χ1n) is 13.4. The normalized spacial score (nSPS) is 18.2. The molecule has 4 aromatic rings. The molecule has 2 atom stereocenters. The van der Waals surface area contributed by atoms with E-state index in [0.717, 1.165) is 12.0 Å². The molecule has 5 rings (SSSR count). The zero-order valence-electron chi connectivity index (χ0n) is 23.6. The van der Waals surface area contributed by atoms with Crippen molar-refractivity contribution < 1.29 is 33.3 Å². The molecule has 3 aromatic carbocycles. The quantitative estimate of drug-likeness (QED) is 0.248. The summed E-state index contributed by atoms with van der Waals surface area (Å²) in [5.41, 5.74) is -0.0454. The lowest BCUT2D eigenvalue weighted by molar-refractivity contribution is -0.233. The molecule has 41 heavy (non-hydrogen) atoms. The lowest BCUT2D eigenvalue weighted by atomic mass is 9.94. The standard InChI is InChI=1S/C32H33NO8/c1-18-11-12-20(17-24(18)38-21-9-7-6-8-10-21)30(35)33-27-28(34)22-13-14-23(19(2)29(22)40-31(27)36)39-26-16-15-25(37-5)32(3,4)41-26/h6-14,17,25-26,34H,15-16H2,1-5H3,(H,33,35)/t25-,26-/m1/s1. The number of para-hydroxylation sites is 1. The molecule has 0 unspecified atom stereocenters. The molecule has 9 nitrogen and oxygen atoms in total. The predicted octanol–water partition coefficient (Wildman–Crippen LogP) is 6.47. The van der Waals surface area contributed by atoms with Crippen molar-refractivity contribution in [3.05, 3.63) is 87.8 Å². The fraction of sp³-hybridized carbons (Fsp3) is 0.312. The maximum atomic E-state index is 13.1. The molecule has 0 spiro atoms. The fourth-order valence-corrected chi connectivity index (χ4v) is 4.99. The number of hydrogen-bond acceptors (Lipinski definition) is 8. The number of rotatable bonds is 7. The number of methoxy groups -OCH3 is 1. The Bertz CT molecular complexity index is 1640. The van der Waals surface area contributed by atoms with Gasteiger partial charge in [0.05, 0.1) is 17.1 Å². The van der Waals surface area contributed by atoms with Gasteiger partial charge >= 0.3 is 5.63 Å². The Kier molecular flexibility index (Phi) is 7.75. The summed E-state index contributed by atoms with van der Waals surface area (Å²) < 4.78 is 29.2. The van der Waals surface area contributed by atoms with Crippen molar-refractivity contribution in [2.45, 2.75) is 58.5 Å². The van der Waals surface area contributed by atoms with Crippen molar-refractivity contribution in [1.29, 1.82) is 0 Å². The Hall–Kier alpha value is -4.34. The highest BCUT2D eigenvalue weighted by atomic mass is 16.7. The Balaban J connectivity index is 1.38. The van der Waals surface area contributed by atoms with Gasteiger partial charge in [-0.3, -0.25) is 4.79 Å². The Labute approximate surface area is 237 Å². The SMILES string of the molecule is CO[C@@H]1CC[C@H](Oc2ccc3c(O)c(NC(=O)c4ccc(C)c(Oc5ccccc5)c4)c(=O)oc3c2C)OC1(C)C. The van der Waals surface area contributed by atoms with E-state index in [2.05, 4.69) is 5.32 Å². The van der Waals surface area contributed by atoms with Crippen LogP contribution >= 0.6 is 0 Å². The number of carbonyl (C=O) groups excluding carboxylic acids is 1. The first kappa shape index (κ1) is 28.2. The third kappa shape index (κ3) is 5.77. The van der Waals surface area contributed by atoms with Crippen LogP contribution in [0.15, 0.2) is 69.9 Å². The molecule has 0 saturated carbocycles.